The van der Waals surface area contributed by atoms with Crippen molar-refractivity contribution in [1.29, 1.82) is 0 Å². The van der Waals surface area contributed by atoms with Crippen LogP contribution in [0.5, 0.6) is 0 Å². The zero-order valence-corrected chi connectivity index (χ0v) is 11.2. The Balaban J connectivity index is 2.82. The predicted octanol–water partition coefficient (Wildman–Crippen LogP) is 0.994. The number of carbonyl (C=O) groups is 2. The smallest absolute Gasteiger partial charge is 0.325 e. The van der Waals surface area contributed by atoms with Gasteiger partial charge in [0.25, 0.3) is 5.91 Å². The summed E-state index contributed by atoms with van der Waals surface area (Å²) in [5.74, 6) is -0.597. The highest BCUT2D eigenvalue weighted by molar-refractivity contribution is 6.00. The Kier molecular flexibility index (Phi) is 5.66. The van der Waals surface area contributed by atoms with E-state index in [2.05, 4.69) is 10.6 Å². The fourth-order valence-corrected chi connectivity index (χ4v) is 1.54. The number of benzene rings is 1. The normalized spacial score (nSPS) is 9.79. The highest BCUT2D eigenvalue weighted by atomic mass is 16.5. The molecule has 0 radical (unpaired) electrons. The molecule has 0 saturated carbocycles. The van der Waals surface area contributed by atoms with Gasteiger partial charge in [-0.05, 0) is 32.0 Å². The van der Waals surface area contributed by atoms with Crippen molar-refractivity contribution in [3.63, 3.8) is 0 Å². The molecule has 0 atom stereocenters. The summed E-state index contributed by atoms with van der Waals surface area (Å²) in [5.41, 5.74) is 7.15. The second-order valence-corrected chi connectivity index (χ2v) is 3.82. The van der Waals surface area contributed by atoms with E-state index in [4.69, 9.17) is 10.5 Å². The molecule has 0 bridgehead atoms. The first-order chi connectivity index (χ1) is 9.08. The van der Waals surface area contributed by atoms with E-state index in [9.17, 15) is 9.59 Å². The van der Waals surface area contributed by atoms with Crippen LogP contribution in [-0.4, -0.2) is 31.6 Å². The molecule has 0 aliphatic carbocycles. The molecule has 0 aromatic heterocycles. The Hall–Kier alpha value is -2.24. The molecular weight excluding hydrogens is 246 g/mol. The van der Waals surface area contributed by atoms with E-state index < -0.39 is 0 Å². The molecule has 0 aliphatic rings. The summed E-state index contributed by atoms with van der Waals surface area (Å²) in [5, 5.41) is 5.56. The number of anilines is 2. The standard InChI is InChI=1S/C13H19N3O3/c1-3-15-13(18)10-6-5-9(14)7-11(10)16-8-12(17)19-4-2/h5-7,16H,3-4,8,14H2,1-2H3,(H,15,18). The third-order valence-corrected chi connectivity index (χ3v) is 2.35. The van der Waals surface area contributed by atoms with Crippen molar-refractivity contribution in [3.8, 4) is 0 Å². The largest absolute Gasteiger partial charge is 0.465 e. The maximum atomic E-state index is 11.8. The third-order valence-electron chi connectivity index (χ3n) is 2.35. The van der Waals surface area contributed by atoms with Gasteiger partial charge in [0.05, 0.1) is 12.2 Å². The highest BCUT2D eigenvalue weighted by Gasteiger charge is 2.12. The molecule has 19 heavy (non-hydrogen) atoms. The van der Waals surface area contributed by atoms with Crippen LogP contribution < -0.4 is 16.4 Å². The van der Waals surface area contributed by atoms with Gasteiger partial charge in [0.2, 0.25) is 0 Å². The summed E-state index contributed by atoms with van der Waals surface area (Å²) in [6.07, 6.45) is 0. The molecule has 0 fully saturated rings. The number of rotatable bonds is 6. The number of nitrogens with two attached hydrogens (primary N) is 1. The quantitative estimate of drug-likeness (QED) is 0.527. The van der Waals surface area contributed by atoms with E-state index in [1.54, 1.807) is 25.1 Å². The van der Waals surface area contributed by atoms with Crippen molar-refractivity contribution < 1.29 is 14.3 Å². The van der Waals surface area contributed by atoms with Gasteiger partial charge in [-0.15, -0.1) is 0 Å². The van der Waals surface area contributed by atoms with E-state index in [1.807, 2.05) is 6.92 Å². The fraction of sp³-hybridized carbons (Fsp3) is 0.385. The first kappa shape index (κ1) is 14.8. The number of carbonyl (C=O) groups excluding carboxylic acids is 2. The van der Waals surface area contributed by atoms with Crippen molar-refractivity contribution in [2.75, 3.05) is 30.7 Å². The molecule has 0 spiro atoms. The van der Waals surface area contributed by atoms with Gasteiger partial charge >= 0.3 is 5.97 Å². The molecule has 6 heteroatoms. The molecule has 0 aliphatic heterocycles. The molecule has 4 N–H and O–H groups in total. The molecule has 0 saturated heterocycles. The summed E-state index contributed by atoms with van der Waals surface area (Å²) < 4.78 is 4.81. The Morgan fingerprint density at radius 2 is 2.05 bits per heavy atom. The van der Waals surface area contributed by atoms with E-state index in [0.29, 0.717) is 30.1 Å². The first-order valence-electron chi connectivity index (χ1n) is 6.15. The van der Waals surface area contributed by atoms with E-state index >= 15 is 0 Å². The molecule has 0 heterocycles. The van der Waals surface area contributed by atoms with Crippen LogP contribution in [-0.2, 0) is 9.53 Å². The lowest BCUT2D eigenvalue weighted by Gasteiger charge is -2.12. The van der Waals surface area contributed by atoms with Gasteiger partial charge in [-0.25, -0.2) is 0 Å². The van der Waals surface area contributed by atoms with Gasteiger partial charge in [-0.3, -0.25) is 9.59 Å². The third kappa shape index (κ3) is 4.50. The number of hydrogen-bond donors (Lipinski definition) is 3. The maximum Gasteiger partial charge on any atom is 0.325 e. The average Bonchev–Trinajstić information content (AvgIpc) is 2.37. The van der Waals surface area contributed by atoms with Crippen LogP contribution in [0.2, 0.25) is 0 Å². The Morgan fingerprint density at radius 3 is 2.68 bits per heavy atom. The Morgan fingerprint density at radius 1 is 1.32 bits per heavy atom. The summed E-state index contributed by atoms with van der Waals surface area (Å²) in [6.45, 7) is 4.41. The van der Waals surface area contributed by atoms with Gasteiger partial charge in [0, 0.05) is 17.9 Å². The lowest BCUT2D eigenvalue weighted by Crippen LogP contribution is -2.25. The fourth-order valence-electron chi connectivity index (χ4n) is 1.54. The van der Waals surface area contributed by atoms with Gasteiger partial charge in [0.1, 0.15) is 6.54 Å². The molecule has 1 aromatic carbocycles. The summed E-state index contributed by atoms with van der Waals surface area (Å²) in [4.78, 5) is 23.1. The number of ether oxygens (including phenoxy) is 1. The van der Waals surface area contributed by atoms with Gasteiger partial charge in [0.15, 0.2) is 0 Å². The lowest BCUT2D eigenvalue weighted by molar-refractivity contribution is -0.140. The van der Waals surface area contributed by atoms with Crippen LogP contribution >= 0.6 is 0 Å². The monoisotopic (exact) mass is 265 g/mol. The zero-order valence-electron chi connectivity index (χ0n) is 11.2. The second-order valence-electron chi connectivity index (χ2n) is 3.82. The molecular formula is C13H19N3O3. The summed E-state index contributed by atoms with van der Waals surface area (Å²) in [7, 11) is 0. The molecule has 104 valence electrons. The van der Waals surface area contributed by atoms with Crippen LogP contribution in [0.4, 0.5) is 11.4 Å². The maximum absolute atomic E-state index is 11.8. The van der Waals surface area contributed by atoms with Crippen molar-refractivity contribution in [2.24, 2.45) is 0 Å². The van der Waals surface area contributed by atoms with Crippen molar-refractivity contribution in [1.82, 2.24) is 5.32 Å². The van der Waals surface area contributed by atoms with Crippen LogP contribution in [0.25, 0.3) is 0 Å². The number of hydrogen-bond acceptors (Lipinski definition) is 5. The van der Waals surface area contributed by atoms with Gasteiger partial charge in [-0.2, -0.15) is 0 Å². The van der Waals surface area contributed by atoms with Crippen LogP contribution in [0.15, 0.2) is 18.2 Å². The van der Waals surface area contributed by atoms with Crippen LogP contribution in [0.3, 0.4) is 0 Å². The minimum Gasteiger partial charge on any atom is -0.465 e. The molecule has 1 rings (SSSR count). The van der Waals surface area contributed by atoms with Crippen LogP contribution in [0.1, 0.15) is 24.2 Å². The number of amides is 1. The molecule has 6 nitrogen and oxygen atoms in total. The minimum absolute atomic E-state index is 0.0102. The Bertz CT molecular complexity index is 460. The molecule has 1 amide bonds. The topological polar surface area (TPSA) is 93.5 Å². The van der Waals surface area contributed by atoms with E-state index in [1.165, 1.54) is 0 Å². The highest BCUT2D eigenvalue weighted by Crippen LogP contribution is 2.19. The predicted molar refractivity (Wildman–Crippen MR) is 74.0 cm³/mol. The van der Waals surface area contributed by atoms with Gasteiger partial charge in [-0.1, -0.05) is 0 Å². The lowest BCUT2D eigenvalue weighted by atomic mass is 10.1. The molecule has 0 unspecified atom stereocenters. The summed E-state index contributed by atoms with van der Waals surface area (Å²) in [6, 6.07) is 4.87. The Labute approximate surface area is 112 Å². The second kappa shape index (κ2) is 7.25. The molecule has 1 aromatic rings. The van der Waals surface area contributed by atoms with Crippen molar-refractivity contribution in [3.05, 3.63) is 23.8 Å². The number of nitrogen functional groups attached to an aromatic ring is 1. The van der Waals surface area contributed by atoms with Crippen LogP contribution in [0, 0.1) is 0 Å². The zero-order chi connectivity index (χ0) is 14.3. The van der Waals surface area contributed by atoms with Crippen molar-refractivity contribution in [2.45, 2.75) is 13.8 Å². The van der Waals surface area contributed by atoms with Gasteiger partial charge < -0.3 is 21.1 Å². The average molecular weight is 265 g/mol. The minimum atomic E-state index is -0.383. The van der Waals surface area contributed by atoms with Crippen molar-refractivity contribution >= 4 is 23.3 Å². The number of esters is 1. The SMILES string of the molecule is CCNC(=O)c1ccc(N)cc1NCC(=O)OCC. The first-order valence-corrected chi connectivity index (χ1v) is 6.15. The van der Waals surface area contributed by atoms with E-state index in [0.717, 1.165) is 0 Å². The number of nitrogens with one attached hydrogen (secondary N) is 2. The summed E-state index contributed by atoms with van der Waals surface area (Å²) >= 11 is 0. The van der Waals surface area contributed by atoms with E-state index in [-0.39, 0.29) is 18.4 Å².